The van der Waals surface area contributed by atoms with E-state index in [1.165, 1.54) is 11.3 Å². The van der Waals surface area contributed by atoms with Gasteiger partial charge in [0, 0.05) is 17.5 Å². The van der Waals surface area contributed by atoms with Crippen LogP contribution in [0, 0.1) is 0 Å². The highest BCUT2D eigenvalue weighted by molar-refractivity contribution is 7.16. The van der Waals surface area contributed by atoms with Crippen LogP contribution in [-0.2, 0) is 13.0 Å². The van der Waals surface area contributed by atoms with Crippen molar-refractivity contribution in [3.8, 4) is 17.0 Å². The number of thiazole rings is 1. The number of rotatable bonds is 4. The molecule has 138 valence electrons. The number of hydrogen-bond donors (Lipinski definition) is 2. The zero-order chi connectivity index (χ0) is 19.0. The number of hydrogen-bond acceptors (Lipinski definition) is 6. The van der Waals surface area contributed by atoms with E-state index < -0.39 is 6.09 Å². The van der Waals surface area contributed by atoms with E-state index in [0.29, 0.717) is 41.5 Å². The smallest absolute Gasteiger partial charge is 0.410 e. The minimum atomic E-state index is -1.16. The number of fused-ring (bicyclic) bond motifs is 3. The van der Waals surface area contributed by atoms with Crippen molar-refractivity contribution in [2.45, 2.75) is 19.4 Å². The predicted octanol–water partition coefficient (Wildman–Crippen LogP) is 3.28. The first-order valence-electron chi connectivity index (χ1n) is 8.27. The van der Waals surface area contributed by atoms with Gasteiger partial charge in [-0.3, -0.25) is 14.8 Å². The number of anilines is 1. The van der Waals surface area contributed by atoms with Crippen LogP contribution in [0.1, 0.15) is 27.3 Å². The van der Waals surface area contributed by atoms with Gasteiger partial charge in [0.25, 0.3) is 0 Å². The number of nitrogens with one attached hydrogen (secondary N) is 1. The van der Waals surface area contributed by atoms with Gasteiger partial charge in [0.1, 0.15) is 11.4 Å². The summed E-state index contributed by atoms with van der Waals surface area (Å²) in [6.45, 7) is 0.504. The van der Waals surface area contributed by atoms with E-state index in [0.717, 1.165) is 16.2 Å². The van der Waals surface area contributed by atoms with Crippen LogP contribution in [0.5, 0.6) is 5.75 Å². The molecule has 0 bridgehead atoms. The summed E-state index contributed by atoms with van der Waals surface area (Å²) in [5.74, 6) is 0.743. The van der Waals surface area contributed by atoms with Crippen LogP contribution in [0.4, 0.5) is 9.93 Å². The first-order chi connectivity index (χ1) is 13.0. The Morgan fingerprint density at radius 2 is 2.07 bits per heavy atom. The molecule has 1 aliphatic carbocycles. The van der Waals surface area contributed by atoms with Crippen LogP contribution in [0.25, 0.3) is 11.3 Å². The van der Waals surface area contributed by atoms with Crippen LogP contribution >= 0.6 is 11.3 Å². The van der Waals surface area contributed by atoms with Crippen LogP contribution in [0.3, 0.4) is 0 Å². The van der Waals surface area contributed by atoms with Crippen molar-refractivity contribution >= 4 is 28.3 Å². The van der Waals surface area contributed by atoms with E-state index in [2.05, 4.69) is 15.4 Å². The van der Waals surface area contributed by atoms with Gasteiger partial charge in [-0.2, -0.15) is 5.10 Å². The zero-order valence-corrected chi connectivity index (χ0v) is 15.2. The summed E-state index contributed by atoms with van der Waals surface area (Å²) < 4.78 is 6.87. The number of Topliss-reactive ketones (excluding diaryl/α,β-unsaturated/α-hetero) is 1. The Hall–Kier alpha value is -3.20. The summed E-state index contributed by atoms with van der Waals surface area (Å²) in [4.78, 5) is 28.6. The van der Waals surface area contributed by atoms with Gasteiger partial charge in [0.05, 0.1) is 24.9 Å². The predicted molar refractivity (Wildman–Crippen MR) is 99.7 cm³/mol. The molecule has 27 heavy (non-hydrogen) atoms. The van der Waals surface area contributed by atoms with Crippen LogP contribution < -0.4 is 10.1 Å². The molecule has 3 aromatic rings. The van der Waals surface area contributed by atoms with Gasteiger partial charge < -0.3 is 9.84 Å². The highest BCUT2D eigenvalue weighted by Gasteiger charge is 2.27. The molecule has 0 atom stereocenters. The van der Waals surface area contributed by atoms with Crippen molar-refractivity contribution in [2.75, 3.05) is 12.4 Å². The van der Waals surface area contributed by atoms with Crippen molar-refractivity contribution in [1.29, 1.82) is 0 Å². The van der Waals surface area contributed by atoms with E-state index in [-0.39, 0.29) is 5.78 Å². The highest BCUT2D eigenvalue weighted by atomic mass is 32.1. The number of carbonyl (C=O) groups is 2. The molecule has 0 saturated heterocycles. The van der Waals surface area contributed by atoms with E-state index in [1.807, 2.05) is 24.3 Å². The molecule has 4 rings (SSSR count). The Labute approximate surface area is 158 Å². The number of ketones is 1. The Balaban J connectivity index is 1.68. The molecule has 0 fully saturated rings. The minimum absolute atomic E-state index is 0.0311. The number of benzene rings is 1. The average Bonchev–Trinajstić information content (AvgIpc) is 3.21. The van der Waals surface area contributed by atoms with E-state index >= 15 is 0 Å². The van der Waals surface area contributed by atoms with E-state index in [4.69, 9.17) is 9.84 Å². The van der Waals surface area contributed by atoms with Crippen LogP contribution in [-0.4, -0.2) is 38.9 Å². The molecule has 1 aliphatic rings. The fourth-order valence-corrected chi connectivity index (χ4v) is 3.99. The molecule has 1 aromatic carbocycles. The molecule has 0 unspecified atom stereocenters. The van der Waals surface area contributed by atoms with Crippen molar-refractivity contribution < 1.29 is 19.4 Å². The molecular formula is C18H16N4O4S. The van der Waals surface area contributed by atoms with Gasteiger partial charge in [0.15, 0.2) is 10.9 Å². The van der Waals surface area contributed by atoms with Gasteiger partial charge in [-0.25, -0.2) is 9.78 Å². The first kappa shape index (κ1) is 17.2. The first-order valence-corrected chi connectivity index (χ1v) is 9.08. The molecule has 2 heterocycles. The van der Waals surface area contributed by atoms with Gasteiger partial charge in [-0.05, 0) is 24.1 Å². The number of nitrogens with zero attached hydrogens (tertiary/aromatic N) is 3. The third-order valence-electron chi connectivity index (χ3n) is 4.27. The largest absolute Gasteiger partial charge is 0.497 e. The second-order valence-corrected chi connectivity index (χ2v) is 7.16. The Bertz CT molecular complexity index is 1020. The van der Waals surface area contributed by atoms with Crippen molar-refractivity contribution in [2.24, 2.45) is 0 Å². The fourth-order valence-electron chi connectivity index (χ4n) is 3.02. The number of aryl methyl sites for hydroxylation is 1. The Morgan fingerprint density at radius 1 is 1.30 bits per heavy atom. The molecule has 0 aliphatic heterocycles. The second kappa shape index (κ2) is 6.84. The molecule has 0 radical (unpaired) electrons. The average molecular weight is 384 g/mol. The summed E-state index contributed by atoms with van der Waals surface area (Å²) in [5.41, 5.74) is 2.68. The SMILES string of the molecule is COc1ccc(Cn2cc3c(n2)C(=O)CCc2sc(NC(=O)O)nc2-3)cc1. The lowest BCUT2D eigenvalue weighted by atomic mass is 10.1. The second-order valence-electron chi connectivity index (χ2n) is 6.08. The molecule has 1 amide bonds. The van der Waals surface area contributed by atoms with Crippen molar-refractivity contribution in [3.63, 3.8) is 0 Å². The number of methoxy groups -OCH3 is 1. The minimum Gasteiger partial charge on any atom is -0.497 e. The van der Waals surface area contributed by atoms with E-state index in [9.17, 15) is 9.59 Å². The van der Waals surface area contributed by atoms with Gasteiger partial charge in [0.2, 0.25) is 0 Å². The summed E-state index contributed by atoms with van der Waals surface area (Å²) >= 11 is 1.25. The maximum Gasteiger partial charge on any atom is 0.410 e. The monoisotopic (exact) mass is 384 g/mol. The normalized spacial score (nSPS) is 12.9. The number of amides is 1. The summed E-state index contributed by atoms with van der Waals surface area (Å²) in [7, 11) is 1.62. The van der Waals surface area contributed by atoms with Crippen LogP contribution in [0.2, 0.25) is 0 Å². The molecular weight excluding hydrogens is 368 g/mol. The maximum absolute atomic E-state index is 12.5. The number of carboxylic acid groups (broad SMARTS) is 1. The maximum atomic E-state index is 12.5. The Kier molecular flexibility index (Phi) is 4.36. The molecule has 8 nitrogen and oxygen atoms in total. The van der Waals surface area contributed by atoms with Gasteiger partial charge in [-0.1, -0.05) is 12.1 Å². The van der Waals surface area contributed by atoms with Gasteiger partial charge >= 0.3 is 6.09 Å². The third-order valence-corrected chi connectivity index (χ3v) is 5.31. The molecule has 0 spiro atoms. The lowest BCUT2D eigenvalue weighted by Gasteiger charge is -2.04. The summed E-state index contributed by atoms with van der Waals surface area (Å²) in [5, 5.41) is 15.9. The van der Waals surface area contributed by atoms with Crippen molar-refractivity contribution in [3.05, 3.63) is 46.6 Å². The fraction of sp³-hybridized carbons (Fsp3) is 0.222. The number of aromatic nitrogens is 3. The zero-order valence-electron chi connectivity index (χ0n) is 14.4. The molecule has 9 heteroatoms. The quantitative estimate of drug-likeness (QED) is 0.715. The number of ether oxygens (including phenoxy) is 1. The molecule has 2 aromatic heterocycles. The summed E-state index contributed by atoms with van der Waals surface area (Å²) in [6, 6.07) is 7.63. The standard InChI is InChI=1S/C18H16N4O4S/c1-26-11-4-2-10(3-5-11)8-22-9-12-15(21-22)13(23)6-7-14-16(12)19-17(27-14)20-18(24)25/h2-5,9H,6-8H2,1H3,(H,19,20)(H,24,25). The topological polar surface area (TPSA) is 106 Å². The number of carbonyl (C=O) groups excluding carboxylic acids is 1. The lowest BCUT2D eigenvalue weighted by Crippen LogP contribution is -2.06. The van der Waals surface area contributed by atoms with Crippen molar-refractivity contribution in [1.82, 2.24) is 14.8 Å². The lowest BCUT2D eigenvalue weighted by molar-refractivity contribution is 0.0979. The van der Waals surface area contributed by atoms with Crippen LogP contribution in [0.15, 0.2) is 30.5 Å². The molecule has 2 N–H and O–H groups in total. The molecule has 0 saturated carbocycles. The van der Waals surface area contributed by atoms with Gasteiger partial charge in [-0.15, -0.1) is 11.3 Å². The Morgan fingerprint density at radius 3 is 2.78 bits per heavy atom. The summed E-state index contributed by atoms with van der Waals surface area (Å²) in [6.07, 6.45) is 1.49. The highest BCUT2D eigenvalue weighted by Crippen LogP contribution is 2.36. The third kappa shape index (κ3) is 3.41. The van der Waals surface area contributed by atoms with E-state index in [1.54, 1.807) is 18.0 Å².